The van der Waals surface area contributed by atoms with Crippen LogP contribution < -0.4 is 0 Å². The van der Waals surface area contributed by atoms with Gasteiger partial charge in [0.05, 0.1) is 5.56 Å². The van der Waals surface area contributed by atoms with Gasteiger partial charge in [-0.1, -0.05) is 32.9 Å². The van der Waals surface area contributed by atoms with Crippen LogP contribution >= 0.6 is 0 Å². The Bertz CT molecular complexity index is 398. The van der Waals surface area contributed by atoms with E-state index in [2.05, 4.69) is 0 Å². The van der Waals surface area contributed by atoms with Crippen LogP contribution in [0.15, 0.2) is 12.1 Å². The average Bonchev–Trinajstić information content (AvgIpc) is 2.05. The third-order valence-corrected chi connectivity index (χ3v) is 2.59. The second-order valence-corrected chi connectivity index (χ2v) is 5.00. The summed E-state index contributed by atoms with van der Waals surface area (Å²) in [6.07, 6.45) is 0. The molecule has 82 valence electrons. The molecule has 0 aliphatic rings. The fraction of sp³-hybridized carbons (Fsp3) is 0.462. The third-order valence-electron chi connectivity index (χ3n) is 2.59. The van der Waals surface area contributed by atoms with Crippen molar-refractivity contribution in [2.75, 3.05) is 0 Å². The molecule has 0 amide bonds. The highest BCUT2D eigenvalue weighted by molar-refractivity contribution is 5.92. The van der Waals surface area contributed by atoms with Crippen LogP contribution in [-0.4, -0.2) is 11.1 Å². The molecule has 0 aliphatic heterocycles. The van der Waals surface area contributed by atoms with E-state index in [0.717, 1.165) is 16.7 Å². The topological polar surface area (TPSA) is 37.3 Å². The van der Waals surface area contributed by atoms with Crippen LogP contribution in [0, 0.1) is 13.8 Å². The molecule has 15 heavy (non-hydrogen) atoms. The molecule has 0 spiro atoms. The van der Waals surface area contributed by atoms with E-state index < -0.39 is 5.97 Å². The summed E-state index contributed by atoms with van der Waals surface area (Å²) in [6.45, 7) is 9.94. The minimum atomic E-state index is -0.832. The van der Waals surface area contributed by atoms with Gasteiger partial charge in [0.25, 0.3) is 0 Å². The second kappa shape index (κ2) is 3.69. The number of aryl methyl sites for hydroxylation is 2. The minimum absolute atomic E-state index is 0.135. The normalized spacial score (nSPS) is 11.5. The van der Waals surface area contributed by atoms with Crippen molar-refractivity contribution in [2.24, 2.45) is 0 Å². The van der Waals surface area contributed by atoms with Gasteiger partial charge in [0, 0.05) is 0 Å². The molecule has 0 saturated carbocycles. The molecule has 0 unspecified atom stereocenters. The molecule has 0 aromatic heterocycles. The fourth-order valence-corrected chi connectivity index (χ4v) is 2.05. The quantitative estimate of drug-likeness (QED) is 0.765. The number of benzene rings is 1. The van der Waals surface area contributed by atoms with E-state index in [-0.39, 0.29) is 5.41 Å². The van der Waals surface area contributed by atoms with Gasteiger partial charge in [-0.05, 0) is 36.0 Å². The van der Waals surface area contributed by atoms with Crippen molar-refractivity contribution in [1.82, 2.24) is 0 Å². The molecule has 0 heterocycles. The van der Waals surface area contributed by atoms with Gasteiger partial charge in [0.2, 0.25) is 0 Å². The zero-order chi connectivity index (χ0) is 11.8. The van der Waals surface area contributed by atoms with Crippen molar-refractivity contribution in [2.45, 2.75) is 40.0 Å². The monoisotopic (exact) mass is 206 g/mol. The molecule has 2 nitrogen and oxygen atoms in total. The fourth-order valence-electron chi connectivity index (χ4n) is 2.05. The summed E-state index contributed by atoms with van der Waals surface area (Å²) >= 11 is 0. The van der Waals surface area contributed by atoms with Crippen LogP contribution in [0.3, 0.4) is 0 Å². The summed E-state index contributed by atoms with van der Waals surface area (Å²) in [6, 6.07) is 3.86. The molecule has 1 rings (SSSR count). The van der Waals surface area contributed by atoms with Gasteiger partial charge >= 0.3 is 5.97 Å². The molecule has 2 heteroatoms. The largest absolute Gasteiger partial charge is 0.478 e. The number of hydrogen-bond acceptors (Lipinski definition) is 1. The lowest BCUT2D eigenvalue weighted by Crippen LogP contribution is -2.19. The molecule has 1 N–H and O–H groups in total. The van der Waals surface area contributed by atoms with Crippen LogP contribution in [0.5, 0.6) is 0 Å². The number of carbonyl (C=O) groups is 1. The van der Waals surface area contributed by atoms with Gasteiger partial charge in [0.1, 0.15) is 0 Å². The van der Waals surface area contributed by atoms with Crippen molar-refractivity contribution in [3.05, 3.63) is 34.4 Å². The maximum absolute atomic E-state index is 11.2. The van der Waals surface area contributed by atoms with Crippen LogP contribution in [0.25, 0.3) is 0 Å². The number of carboxylic acid groups (broad SMARTS) is 1. The van der Waals surface area contributed by atoms with Gasteiger partial charge < -0.3 is 5.11 Å². The lowest BCUT2D eigenvalue weighted by molar-refractivity contribution is 0.0693. The number of rotatable bonds is 1. The lowest BCUT2D eigenvalue weighted by atomic mass is 9.79. The third kappa shape index (κ3) is 2.20. The standard InChI is InChI=1S/C13H18O2/c1-8-6-7-9(2)11(13(3,4)5)10(8)12(14)15/h6-7H,1-5H3,(H,14,15). The van der Waals surface area contributed by atoms with Crippen molar-refractivity contribution in [3.63, 3.8) is 0 Å². The van der Waals surface area contributed by atoms with Crippen LogP contribution in [0.2, 0.25) is 0 Å². The summed E-state index contributed by atoms with van der Waals surface area (Å²) in [4.78, 5) is 11.2. The summed E-state index contributed by atoms with van der Waals surface area (Å²) in [7, 11) is 0. The van der Waals surface area contributed by atoms with E-state index in [0.29, 0.717) is 5.56 Å². The molecule has 1 aromatic rings. The second-order valence-electron chi connectivity index (χ2n) is 5.00. The zero-order valence-corrected chi connectivity index (χ0v) is 10.0. The van der Waals surface area contributed by atoms with Gasteiger partial charge in [-0.2, -0.15) is 0 Å². The van der Waals surface area contributed by atoms with Gasteiger partial charge in [0.15, 0.2) is 0 Å². The summed E-state index contributed by atoms with van der Waals surface area (Å²) in [5, 5.41) is 9.23. The highest BCUT2D eigenvalue weighted by atomic mass is 16.4. The average molecular weight is 206 g/mol. The first-order valence-corrected chi connectivity index (χ1v) is 5.09. The first-order chi connectivity index (χ1) is 6.75. The van der Waals surface area contributed by atoms with Crippen LogP contribution in [0.4, 0.5) is 0 Å². The first kappa shape index (κ1) is 11.8. The predicted octanol–water partition coefficient (Wildman–Crippen LogP) is 3.30. The van der Waals surface area contributed by atoms with E-state index in [1.807, 2.05) is 46.8 Å². The highest BCUT2D eigenvalue weighted by Gasteiger charge is 2.24. The summed E-state index contributed by atoms with van der Waals surface area (Å²) in [5.41, 5.74) is 3.14. The first-order valence-electron chi connectivity index (χ1n) is 5.09. The lowest BCUT2D eigenvalue weighted by Gasteiger charge is -2.25. The maximum atomic E-state index is 11.2. The van der Waals surface area contributed by atoms with Gasteiger partial charge in [-0.3, -0.25) is 0 Å². The minimum Gasteiger partial charge on any atom is -0.478 e. The van der Waals surface area contributed by atoms with E-state index in [1.54, 1.807) is 0 Å². The van der Waals surface area contributed by atoms with Crippen LogP contribution in [-0.2, 0) is 5.41 Å². The van der Waals surface area contributed by atoms with E-state index in [4.69, 9.17) is 0 Å². The molecule has 0 saturated heterocycles. The summed E-state index contributed by atoms with van der Waals surface area (Å²) < 4.78 is 0. The Morgan fingerprint density at radius 1 is 1.13 bits per heavy atom. The smallest absolute Gasteiger partial charge is 0.336 e. The van der Waals surface area contributed by atoms with Gasteiger partial charge in [-0.15, -0.1) is 0 Å². The number of aromatic carboxylic acids is 1. The number of hydrogen-bond donors (Lipinski definition) is 1. The van der Waals surface area contributed by atoms with Crippen LogP contribution in [0.1, 0.15) is 47.8 Å². The zero-order valence-electron chi connectivity index (χ0n) is 10.0. The summed E-state index contributed by atoms with van der Waals surface area (Å²) in [5.74, 6) is -0.832. The Balaban J connectivity index is 3.60. The maximum Gasteiger partial charge on any atom is 0.336 e. The van der Waals surface area contributed by atoms with Crippen molar-refractivity contribution in [3.8, 4) is 0 Å². The van der Waals surface area contributed by atoms with Crippen molar-refractivity contribution >= 4 is 5.97 Å². The van der Waals surface area contributed by atoms with E-state index >= 15 is 0 Å². The molecule has 0 bridgehead atoms. The van der Waals surface area contributed by atoms with E-state index in [9.17, 15) is 9.90 Å². The molecule has 0 atom stereocenters. The highest BCUT2D eigenvalue weighted by Crippen LogP contribution is 2.30. The Labute approximate surface area is 90.9 Å². The van der Waals surface area contributed by atoms with E-state index in [1.165, 1.54) is 0 Å². The SMILES string of the molecule is Cc1ccc(C)c(C(C)(C)C)c1C(=O)O. The van der Waals surface area contributed by atoms with Crippen molar-refractivity contribution in [1.29, 1.82) is 0 Å². The number of carboxylic acids is 1. The Morgan fingerprint density at radius 3 is 1.93 bits per heavy atom. The molecular formula is C13H18O2. The Morgan fingerprint density at radius 2 is 1.60 bits per heavy atom. The molecule has 0 aliphatic carbocycles. The van der Waals surface area contributed by atoms with Gasteiger partial charge in [-0.25, -0.2) is 4.79 Å². The molecule has 0 fully saturated rings. The molecule has 1 aromatic carbocycles. The predicted molar refractivity (Wildman–Crippen MR) is 61.6 cm³/mol. The molecular weight excluding hydrogens is 188 g/mol. The Hall–Kier alpha value is -1.31. The van der Waals surface area contributed by atoms with Crippen molar-refractivity contribution < 1.29 is 9.90 Å². The Kier molecular flexibility index (Phi) is 2.89. The molecule has 0 radical (unpaired) electrons.